The van der Waals surface area contributed by atoms with Crippen molar-refractivity contribution in [3.05, 3.63) is 45.5 Å². The fourth-order valence-corrected chi connectivity index (χ4v) is 3.83. The van der Waals surface area contributed by atoms with Crippen molar-refractivity contribution in [2.75, 3.05) is 19.5 Å². The van der Waals surface area contributed by atoms with Gasteiger partial charge in [0.2, 0.25) is 0 Å². The summed E-state index contributed by atoms with van der Waals surface area (Å²) < 4.78 is 10.1. The molecule has 0 saturated heterocycles. The number of amidine groups is 1. The van der Waals surface area contributed by atoms with Gasteiger partial charge in [-0.15, -0.1) is 12.4 Å². The quantitative estimate of drug-likeness (QED) is 0.202. The summed E-state index contributed by atoms with van der Waals surface area (Å²) in [6.07, 6.45) is 0. The number of thioether (sulfide) groups is 1. The van der Waals surface area contributed by atoms with E-state index < -0.39 is 28.8 Å². The maximum absolute atomic E-state index is 12.9. The Kier molecular flexibility index (Phi) is 9.66. The van der Waals surface area contributed by atoms with Crippen molar-refractivity contribution in [1.29, 1.82) is 5.41 Å². The lowest BCUT2D eigenvalue weighted by atomic mass is 9.80. The highest BCUT2D eigenvalue weighted by molar-refractivity contribution is 8.13. The molecule has 1 aliphatic rings. The second kappa shape index (κ2) is 11.5. The standard InChI is InChI=1S/C19H22N4O6S.ClH/c1-4-29-18(25)16-13(9-30-19(20)21)22-10(2)14(17(24)28-3)15(16)11-6-5-7-12(8-11)23(26)27;/h5-8,13,16H,4,9H2,1-3H3,(H3,20,21);1H. The minimum absolute atomic E-state index is 0. The molecule has 2 rings (SSSR count). The Hall–Kier alpha value is -2.92. The lowest BCUT2D eigenvalue weighted by Gasteiger charge is -2.31. The van der Waals surface area contributed by atoms with Crippen LogP contribution in [0, 0.1) is 21.4 Å². The van der Waals surface area contributed by atoms with E-state index in [0.717, 1.165) is 11.8 Å². The third-order valence-corrected chi connectivity index (χ3v) is 5.21. The largest absolute Gasteiger partial charge is 0.465 e. The van der Waals surface area contributed by atoms with Crippen LogP contribution in [-0.4, -0.2) is 53.3 Å². The Balaban J connectivity index is 0.00000480. The zero-order valence-corrected chi connectivity index (χ0v) is 18.7. The number of methoxy groups -OCH3 is 1. The number of benzene rings is 1. The molecule has 168 valence electrons. The van der Waals surface area contributed by atoms with Crippen molar-refractivity contribution >= 4 is 58.2 Å². The van der Waals surface area contributed by atoms with Gasteiger partial charge in [-0.25, -0.2) is 4.79 Å². The lowest BCUT2D eigenvalue weighted by molar-refractivity contribution is -0.384. The number of carbonyl (C=O) groups is 2. The van der Waals surface area contributed by atoms with E-state index in [4.69, 9.17) is 20.6 Å². The van der Waals surface area contributed by atoms with Gasteiger partial charge in [-0.1, -0.05) is 23.9 Å². The van der Waals surface area contributed by atoms with E-state index in [2.05, 4.69) is 4.99 Å². The van der Waals surface area contributed by atoms with E-state index in [1.807, 2.05) is 0 Å². The molecule has 1 heterocycles. The molecule has 1 aromatic rings. The molecule has 0 aromatic heterocycles. The van der Waals surface area contributed by atoms with E-state index in [1.165, 1.54) is 25.3 Å². The van der Waals surface area contributed by atoms with Crippen LogP contribution in [-0.2, 0) is 19.1 Å². The van der Waals surface area contributed by atoms with E-state index in [0.29, 0.717) is 11.3 Å². The first-order chi connectivity index (χ1) is 14.2. The van der Waals surface area contributed by atoms with Gasteiger partial charge in [0, 0.05) is 23.6 Å². The van der Waals surface area contributed by atoms with Crippen LogP contribution < -0.4 is 5.73 Å². The van der Waals surface area contributed by atoms with Crippen molar-refractivity contribution in [2.45, 2.75) is 19.9 Å². The molecule has 10 nitrogen and oxygen atoms in total. The van der Waals surface area contributed by atoms with Crippen LogP contribution in [0.25, 0.3) is 5.57 Å². The third kappa shape index (κ3) is 6.05. The van der Waals surface area contributed by atoms with E-state index in [9.17, 15) is 19.7 Å². The smallest absolute Gasteiger partial charge is 0.340 e. The Bertz CT molecular complexity index is 949. The number of hydrogen-bond donors (Lipinski definition) is 2. The monoisotopic (exact) mass is 470 g/mol. The fourth-order valence-electron chi connectivity index (χ4n) is 3.22. The van der Waals surface area contributed by atoms with Gasteiger partial charge in [0.1, 0.15) is 5.92 Å². The number of esters is 2. The molecule has 12 heteroatoms. The number of non-ortho nitro benzene ring substituents is 1. The number of ether oxygens (including phenoxy) is 2. The molecule has 2 atom stereocenters. The Labute approximate surface area is 189 Å². The van der Waals surface area contributed by atoms with Crippen LogP contribution >= 0.6 is 24.2 Å². The molecule has 0 saturated carbocycles. The number of dihydropyridines is 1. The Morgan fingerprint density at radius 1 is 1.39 bits per heavy atom. The first kappa shape index (κ1) is 26.1. The molecule has 0 bridgehead atoms. The second-order valence-corrected chi connectivity index (χ2v) is 7.34. The van der Waals surface area contributed by atoms with E-state index in [-0.39, 0.29) is 46.8 Å². The number of aliphatic imine (C=N–C) groups is 1. The van der Waals surface area contributed by atoms with Crippen LogP contribution in [0.1, 0.15) is 19.4 Å². The van der Waals surface area contributed by atoms with Crippen molar-refractivity contribution < 1.29 is 24.0 Å². The summed E-state index contributed by atoms with van der Waals surface area (Å²) in [5.41, 5.74) is 6.18. The molecule has 0 radical (unpaired) electrons. The molecule has 1 aliphatic heterocycles. The minimum Gasteiger partial charge on any atom is -0.465 e. The summed E-state index contributed by atoms with van der Waals surface area (Å²) in [6, 6.07) is 4.95. The van der Waals surface area contributed by atoms with Gasteiger partial charge >= 0.3 is 11.9 Å². The maximum Gasteiger partial charge on any atom is 0.340 e. The highest BCUT2D eigenvalue weighted by atomic mass is 35.5. The Morgan fingerprint density at radius 2 is 2.06 bits per heavy atom. The number of nitrogens with zero attached hydrogens (tertiary/aromatic N) is 2. The predicted octanol–water partition coefficient (Wildman–Crippen LogP) is 2.59. The minimum atomic E-state index is -1.03. The van der Waals surface area contributed by atoms with Crippen LogP contribution in [0.2, 0.25) is 0 Å². The summed E-state index contributed by atoms with van der Waals surface area (Å²) in [4.78, 5) is 40.7. The van der Waals surface area contributed by atoms with Crippen molar-refractivity contribution in [1.82, 2.24) is 0 Å². The van der Waals surface area contributed by atoms with Crippen molar-refractivity contribution in [3.8, 4) is 0 Å². The van der Waals surface area contributed by atoms with Gasteiger partial charge in [-0.05, 0) is 25.0 Å². The maximum atomic E-state index is 12.9. The van der Waals surface area contributed by atoms with Gasteiger partial charge in [-0.2, -0.15) is 0 Å². The van der Waals surface area contributed by atoms with Crippen molar-refractivity contribution in [3.63, 3.8) is 0 Å². The molecular formula is C19H23ClN4O6S. The molecule has 0 aliphatic carbocycles. The average molecular weight is 471 g/mol. The van der Waals surface area contributed by atoms with Gasteiger partial charge in [0.25, 0.3) is 5.69 Å². The van der Waals surface area contributed by atoms with Gasteiger partial charge in [-0.3, -0.25) is 25.3 Å². The van der Waals surface area contributed by atoms with Crippen LogP contribution in [0.3, 0.4) is 0 Å². The molecule has 3 N–H and O–H groups in total. The summed E-state index contributed by atoms with van der Waals surface area (Å²) in [6.45, 7) is 3.34. The van der Waals surface area contributed by atoms with Gasteiger partial charge in [0.15, 0.2) is 5.17 Å². The van der Waals surface area contributed by atoms with Crippen LogP contribution in [0.15, 0.2) is 34.8 Å². The lowest BCUT2D eigenvalue weighted by Crippen LogP contribution is -2.38. The molecular weight excluding hydrogens is 448 g/mol. The molecule has 1 aromatic carbocycles. The first-order valence-corrected chi connectivity index (χ1v) is 9.95. The number of halogens is 1. The molecule has 31 heavy (non-hydrogen) atoms. The summed E-state index contributed by atoms with van der Waals surface area (Å²) in [5.74, 6) is -2.20. The number of hydrogen-bond acceptors (Lipinski definition) is 9. The number of carbonyl (C=O) groups excluding carboxylic acids is 2. The number of nitro groups is 1. The molecule has 0 fully saturated rings. The van der Waals surface area contributed by atoms with Crippen molar-refractivity contribution in [2.24, 2.45) is 16.6 Å². The molecule has 0 amide bonds. The van der Waals surface area contributed by atoms with E-state index in [1.54, 1.807) is 19.9 Å². The zero-order chi connectivity index (χ0) is 22.4. The Morgan fingerprint density at radius 3 is 2.61 bits per heavy atom. The number of rotatable bonds is 7. The number of nitro benzene ring substituents is 1. The predicted molar refractivity (Wildman–Crippen MR) is 121 cm³/mol. The third-order valence-electron chi connectivity index (χ3n) is 4.39. The topological polar surface area (TPSA) is 158 Å². The normalized spacial score (nSPS) is 17.8. The molecule has 0 spiro atoms. The fraction of sp³-hybridized carbons (Fsp3) is 0.368. The zero-order valence-electron chi connectivity index (χ0n) is 17.1. The number of nitrogens with one attached hydrogen (secondary N) is 1. The van der Waals surface area contributed by atoms with E-state index >= 15 is 0 Å². The highest BCUT2D eigenvalue weighted by Crippen LogP contribution is 2.38. The highest BCUT2D eigenvalue weighted by Gasteiger charge is 2.41. The van der Waals surface area contributed by atoms with Gasteiger partial charge in [0.05, 0.1) is 30.3 Å². The summed E-state index contributed by atoms with van der Waals surface area (Å²) in [5, 5.41) is 18.6. The number of nitrogens with two attached hydrogens (primary N) is 1. The summed E-state index contributed by atoms with van der Waals surface area (Å²) in [7, 11) is 1.20. The summed E-state index contributed by atoms with van der Waals surface area (Å²) >= 11 is 0.999. The van der Waals surface area contributed by atoms with Crippen LogP contribution in [0.4, 0.5) is 5.69 Å². The second-order valence-electron chi connectivity index (χ2n) is 6.27. The van der Waals surface area contributed by atoms with Crippen LogP contribution in [0.5, 0.6) is 0 Å². The first-order valence-electron chi connectivity index (χ1n) is 8.96. The average Bonchev–Trinajstić information content (AvgIpc) is 2.71. The molecule has 2 unspecified atom stereocenters. The van der Waals surface area contributed by atoms with Gasteiger partial charge < -0.3 is 15.2 Å². The SMILES string of the molecule is CCOC(=O)C1C(c2cccc([N+](=O)[O-])c2)=C(C(=O)OC)C(C)=NC1CSC(=N)N.Cl.